The summed E-state index contributed by atoms with van der Waals surface area (Å²) in [5.74, 6) is -7.23. The van der Waals surface area contributed by atoms with Crippen LogP contribution in [0, 0.1) is 17.3 Å². The highest BCUT2D eigenvalue weighted by Gasteiger charge is 2.46. The zero-order valence-corrected chi connectivity index (χ0v) is 24.2. The van der Waals surface area contributed by atoms with Crippen LogP contribution in [0.15, 0.2) is 55.6 Å². The molecule has 0 radical (unpaired) electrons. The van der Waals surface area contributed by atoms with E-state index in [1.165, 1.54) is 12.2 Å². The first-order chi connectivity index (χ1) is 18.6. The molecular weight excluding hydrogens is 518 g/mol. The minimum atomic E-state index is -1.82. The van der Waals surface area contributed by atoms with Crippen LogP contribution in [0.25, 0.3) is 0 Å². The van der Waals surface area contributed by atoms with Gasteiger partial charge in [0.15, 0.2) is 11.7 Å². The van der Waals surface area contributed by atoms with E-state index in [4.69, 9.17) is 18.9 Å². The van der Waals surface area contributed by atoms with Gasteiger partial charge in [-0.15, -0.1) is 0 Å². The summed E-state index contributed by atoms with van der Waals surface area (Å²) in [6.45, 7) is 16.5. The van der Waals surface area contributed by atoms with Gasteiger partial charge in [0, 0.05) is 6.42 Å². The molecule has 40 heavy (non-hydrogen) atoms. The Morgan fingerprint density at radius 1 is 0.825 bits per heavy atom. The summed E-state index contributed by atoms with van der Waals surface area (Å²) >= 11 is 0. The Morgan fingerprint density at radius 3 is 1.80 bits per heavy atom. The third-order valence-electron chi connectivity index (χ3n) is 5.39. The van der Waals surface area contributed by atoms with Crippen molar-refractivity contribution in [1.29, 1.82) is 0 Å². The Morgan fingerprint density at radius 2 is 1.35 bits per heavy atom. The third kappa shape index (κ3) is 11.8. The lowest BCUT2D eigenvalue weighted by Crippen LogP contribution is -2.52. The molecule has 1 amide bonds. The van der Waals surface area contributed by atoms with Crippen molar-refractivity contribution in [3.8, 4) is 0 Å². The SMILES string of the molecule is C=CCOC(=O)C(C(=O)OCC=C)[C@H](CC(=O)[C@@H](NC(=O)OC(C)(C)C)C(C)(C)C)C(=O)OCc1ccccc1. The summed E-state index contributed by atoms with van der Waals surface area (Å²) < 4.78 is 20.9. The second-order valence-electron chi connectivity index (χ2n) is 11.1. The van der Waals surface area contributed by atoms with Gasteiger partial charge in [0.25, 0.3) is 0 Å². The van der Waals surface area contributed by atoms with E-state index >= 15 is 0 Å². The molecule has 1 aromatic carbocycles. The summed E-state index contributed by atoms with van der Waals surface area (Å²) in [6.07, 6.45) is 1.11. The Labute approximate surface area is 236 Å². The van der Waals surface area contributed by atoms with Crippen molar-refractivity contribution in [1.82, 2.24) is 5.32 Å². The lowest BCUT2D eigenvalue weighted by atomic mass is 9.79. The Balaban J connectivity index is 3.42. The van der Waals surface area contributed by atoms with Crippen molar-refractivity contribution in [2.75, 3.05) is 13.2 Å². The van der Waals surface area contributed by atoms with Crippen LogP contribution in [0.3, 0.4) is 0 Å². The fourth-order valence-corrected chi connectivity index (χ4v) is 3.60. The highest BCUT2D eigenvalue weighted by atomic mass is 16.6. The van der Waals surface area contributed by atoms with Gasteiger partial charge >= 0.3 is 24.0 Å². The summed E-state index contributed by atoms with van der Waals surface area (Å²) in [7, 11) is 0. The van der Waals surface area contributed by atoms with Crippen LogP contribution < -0.4 is 5.32 Å². The van der Waals surface area contributed by atoms with E-state index in [1.54, 1.807) is 71.9 Å². The van der Waals surface area contributed by atoms with Crippen molar-refractivity contribution in [3.63, 3.8) is 0 Å². The fraction of sp³-hybridized carbons (Fsp3) is 0.500. The van der Waals surface area contributed by atoms with Crippen LogP contribution in [-0.2, 0) is 44.7 Å². The highest BCUT2D eigenvalue weighted by molar-refractivity contribution is 6.01. The van der Waals surface area contributed by atoms with Crippen molar-refractivity contribution in [2.24, 2.45) is 17.3 Å². The normalized spacial score (nSPS) is 12.9. The second kappa shape index (κ2) is 15.6. The monoisotopic (exact) mass is 559 g/mol. The van der Waals surface area contributed by atoms with Gasteiger partial charge in [-0.1, -0.05) is 76.4 Å². The molecule has 0 aromatic heterocycles. The van der Waals surface area contributed by atoms with Crippen molar-refractivity contribution in [3.05, 3.63) is 61.2 Å². The van der Waals surface area contributed by atoms with Crippen LogP contribution in [0.2, 0.25) is 0 Å². The predicted octanol–water partition coefficient (Wildman–Crippen LogP) is 4.32. The minimum Gasteiger partial charge on any atom is -0.461 e. The summed E-state index contributed by atoms with van der Waals surface area (Å²) in [5.41, 5.74) is -0.997. The Kier molecular flexibility index (Phi) is 13.3. The van der Waals surface area contributed by atoms with Gasteiger partial charge in [-0.2, -0.15) is 0 Å². The predicted molar refractivity (Wildman–Crippen MR) is 148 cm³/mol. The van der Waals surface area contributed by atoms with Gasteiger partial charge in [0.2, 0.25) is 0 Å². The van der Waals surface area contributed by atoms with Gasteiger partial charge in [0.05, 0.1) is 12.0 Å². The summed E-state index contributed by atoms with van der Waals surface area (Å²) in [6, 6.07) is 7.61. The summed E-state index contributed by atoms with van der Waals surface area (Å²) in [5, 5.41) is 2.56. The van der Waals surface area contributed by atoms with Crippen LogP contribution in [0.1, 0.15) is 53.5 Å². The van der Waals surface area contributed by atoms with E-state index in [1.807, 2.05) is 0 Å². The first-order valence-corrected chi connectivity index (χ1v) is 12.9. The van der Waals surface area contributed by atoms with Crippen LogP contribution in [-0.4, -0.2) is 54.6 Å². The number of hydrogen-bond acceptors (Lipinski definition) is 9. The zero-order valence-electron chi connectivity index (χ0n) is 24.2. The molecule has 10 nitrogen and oxygen atoms in total. The maximum atomic E-state index is 13.6. The lowest BCUT2D eigenvalue weighted by Gasteiger charge is -2.32. The van der Waals surface area contributed by atoms with E-state index < -0.39 is 65.1 Å². The van der Waals surface area contributed by atoms with Crippen LogP contribution >= 0.6 is 0 Å². The molecule has 0 spiro atoms. The third-order valence-corrected chi connectivity index (χ3v) is 5.39. The van der Waals surface area contributed by atoms with E-state index in [0.29, 0.717) is 5.56 Å². The van der Waals surface area contributed by atoms with E-state index in [9.17, 15) is 24.0 Å². The highest BCUT2D eigenvalue weighted by Crippen LogP contribution is 2.28. The molecule has 0 aliphatic rings. The number of alkyl carbamates (subject to hydrolysis) is 1. The van der Waals surface area contributed by atoms with Crippen molar-refractivity contribution < 1.29 is 42.9 Å². The van der Waals surface area contributed by atoms with Gasteiger partial charge in [-0.25, -0.2) is 4.79 Å². The molecule has 0 bridgehead atoms. The molecule has 0 aliphatic carbocycles. The molecule has 220 valence electrons. The second-order valence-corrected chi connectivity index (χ2v) is 11.1. The van der Waals surface area contributed by atoms with Crippen molar-refractivity contribution >= 4 is 29.8 Å². The average molecular weight is 560 g/mol. The number of carbonyl (C=O) groups excluding carboxylic acids is 5. The molecular formula is C30H41NO9. The zero-order chi connectivity index (χ0) is 30.5. The number of rotatable bonds is 14. The number of ketones is 1. The first-order valence-electron chi connectivity index (χ1n) is 12.9. The number of ether oxygens (including phenoxy) is 4. The fourth-order valence-electron chi connectivity index (χ4n) is 3.60. The van der Waals surface area contributed by atoms with Gasteiger partial charge in [-0.05, 0) is 31.7 Å². The van der Waals surface area contributed by atoms with E-state index in [2.05, 4.69) is 18.5 Å². The molecule has 0 saturated carbocycles. The molecule has 1 N–H and O–H groups in total. The molecule has 1 aromatic rings. The summed E-state index contributed by atoms with van der Waals surface area (Å²) in [4.78, 5) is 65.6. The lowest BCUT2D eigenvalue weighted by molar-refractivity contribution is -0.172. The number of carbonyl (C=O) groups is 5. The average Bonchev–Trinajstić information content (AvgIpc) is 2.86. The standard InChI is InChI=1S/C30H41NO9/c1-9-16-37-26(34)23(27(35)38-17-10-2)21(25(33)39-19-20-14-12-11-13-15-20)18-22(32)24(29(3,4)5)31-28(36)40-30(6,7)8/h9-15,21,23-24H,1-2,16-19H2,3-8H3,(H,31,36)/t21-,24+/m0/s1. The molecule has 0 saturated heterocycles. The van der Waals surface area contributed by atoms with E-state index in [0.717, 1.165) is 0 Å². The molecule has 0 heterocycles. The molecule has 10 heteroatoms. The smallest absolute Gasteiger partial charge is 0.408 e. The Hall–Kier alpha value is -3.95. The van der Waals surface area contributed by atoms with Crippen molar-refractivity contribution in [2.45, 2.75) is 66.2 Å². The first kappa shape index (κ1) is 34.1. The van der Waals surface area contributed by atoms with Gasteiger partial charge < -0.3 is 24.3 Å². The molecule has 0 fully saturated rings. The number of amides is 1. The number of hydrogen-bond donors (Lipinski definition) is 1. The number of esters is 3. The van der Waals surface area contributed by atoms with E-state index in [-0.39, 0.29) is 19.8 Å². The molecule has 0 aliphatic heterocycles. The Bertz CT molecular complexity index is 1030. The molecule has 1 rings (SSSR count). The van der Waals surface area contributed by atoms with Crippen LogP contribution in [0.5, 0.6) is 0 Å². The topological polar surface area (TPSA) is 134 Å². The maximum Gasteiger partial charge on any atom is 0.408 e. The maximum absolute atomic E-state index is 13.6. The molecule has 2 atom stereocenters. The number of Topliss-reactive ketones (excluding diaryl/α,β-unsaturated/α-hetero) is 1. The minimum absolute atomic E-state index is 0.167. The van der Waals surface area contributed by atoms with Gasteiger partial charge in [0.1, 0.15) is 25.4 Å². The van der Waals surface area contributed by atoms with Crippen LogP contribution in [0.4, 0.5) is 4.79 Å². The number of benzene rings is 1. The quantitative estimate of drug-likeness (QED) is 0.153. The van der Waals surface area contributed by atoms with Gasteiger partial charge in [-0.3, -0.25) is 19.2 Å². The number of nitrogens with one attached hydrogen (secondary N) is 1. The molecule has 0 unspecified atom stereocenters. The largest absolute Gasteiger partial charge is 0.461 e.